The van der Waals surface area contributed by atoms with Crippen LogP contribution in [-0.4, -0.2) is 49.8 Å². The molecule has 152 valence electrons. The van der Waals surface area contributed by atoms with Gasteiger partial charge in [-0.05, 0) is 49.9 Å². The van der Waals surface area contributed by atoms with Crippen molar-refractivity contribution >= 4 is 18.3 Å². The molecule has 1 aromatic carbocycles. The number of carbonyl (C=O) groups is 1. The van der Waals surface area contributed by atoms with Crippen LogP contribution in [0, 0.1) is 11.8 Å². The number of benzene rings is 1. The molecule has 3 rings (SSSR count). The van der Waals surface area contributed by atoms with Crippen molar-refractivity contribution in [3.63, 3.8) is 0 Å². The van der Waals surface area contributed by atoms with Crippen LogP contribution in [0.5, 0.6) is 11.5 Å². The lowest BCUT2D eigenvalue weighted by molar-refractivity contribution is -0.135. The zero-order chi connectivity index (χ0) is 18.7. The highest BCUT2D eigenvalue weighted by molar-refractivity contribution is 5.85. The molecule has 2 heterocycles. The van der Waals surface area contributed by atoms with Crippen LogP contribution in [-0.2, 0) is 11.3 Å². The summed E-state index contributed by atoms with van der Waals surface area (Å²) in [6, 6.07) is 3.63. The van der Waals surface area contributed by atoms with Gasteiger partial charge in [-0.15, -0.1) is 12.4 Å². The van der Waals surface area contributed by atoms with Crippen molar-refractivity contribution in [1.29, 1.82) is 0 Å². The van der Waals surface area contributed by atoms with Crippen LogP contribution < -0.4 is 14.8 Å². The number of hydrogen-bond acceptors (Lipinski definition) is 5. The molecular weight excluding hydrogens is 368 g/mol. The Balaban J connectivity index is 0.00000261. The Kier molecular flexibility index (Phi) is 7.77. The summed E-state index contributed by atoms with van der Waals surface area (Å²) in [5, 5.41) is 14.0. The fourth-order valence-electron chi connectivity index (χ4n) is 4.25. The number of β-amino-alcohol motifs (C(OH)–C–C–N with tert-alkyl or cyclic N) is 1. The van der Waals surface area contributed by atoms with Crippen molar-refractivity contribution in [1.82, 2.24) is 10.2 Å². The molecule has 7 heteroatoms. The van der Waals surface area contributed by atoms with Crippen molar-refractivity contribution in [2.24, 2.45) is 11.8 Å². The SMILES string of the molecule is COc1ccc(OC)c2c1CN(C(=O)CC(C)C1CCNCC1)CC2O.Cl. The molecule has 0 saturated carbocycles. The van der Waals surface area contributed by atoms with E-state index in [1.54, 1.807) is 25.2 Å². The van der Waals surface area contributed by atoms with Crippen molar-refractivity contribution in [3.8, 4) is 11.5 Å². The van der Waals surface area contributed by atoms with E-state index >= 15 is 0 Å². The average Bonchev–Trinajstić information content (AvgIpc) is 2.67. The van der Waals surface area contributed by atoms with Crippen molar-refractivity contribution in [2.45, 2.75) is 38.8 Å². The lowest BCUT2D eigenvalue weighted by Gasteiger charge is -2.35. The topological polar surface area (TPSA) is 71.0 Å². The van der Waals surface area contributed by atoms with Gasteiger partial charge in [0, 0.05) is 24.1 Å². The van der Waals surface area contributed by atoms with Crippen LogP contribution in [0.15, 0.2) is 12.1 Å². The van der Waals surface area contributed by atoms with Gasteiger partial charge in [0.2, 0.25) is 5.91 Å². The van der Waals surface area contributed by atoms with Gasteiger partial charge in [-0.2, -0.15) is 0 Å². The van der Waals surface area contributed by atoms with E-state index < -0.39 is 6.10 Å². The molecule has 2 aliphatic heterocycles. The number of fused-ring (bicyclic) bond motifs is 1. The van der Waals surface area contributed by atoms with E-state index in [1.807, 2.05) is 6.07 Å². The summed E-state index contributed by atoms with van der Waals surface area (Å²) in [4.78, 5) is 14.6. The second-order valence-electron chi connectivity index (χ2n) is 7.42. The third-order valence-corrected chi connectivity index (χ3v) is 5.83. The highest BCUT2D eigenvalue weighted by atomic mass is 35.5. The number of rotatable bonds is 5. The number of nitrogens with zero attached hydrogens (tertiary/aromatic N) is 1. The number of methoxy groups -OCH3 is 2. The Morgan fingerprint density at radius 2 is 1.89 bits per heavy atom. The van der Waals surface area contributed by atoms with Crippen LogP contribution in [0.25, 0.3) is 0 Å². The molecule has 1 aromatic rings. The average molecular weight is 399 g/mol. The van der Waals surface area contributed by atoms with Crippen molar-refractivity contribution in [3.05, 3.63) is 23.3 Å². The van der Waals surface area contributed by atoms with E-state index in [0.717, 1.165) is 37.1 Å². The standard InChI is InChI=1S/C20H30N2O4.ClH/c1-13(14-6-8-21-9-7-14)10-19(24)22-11-15-17(25-2)4-5-18(26-3)20(15)16(23)12-22;/h4-5,13-14,16,21,23H,6-12H2,1-3H3;1H. The molecule has 1 fully saturated rings. The predicted octanol–water partition coefficient (Wildman–Crippen LogP) is 2.53. The first kappa shape index (κ1) is 21.8. The first-order valence-corrected chi connectivity index (χ1v) is 9.45. The fraction of sp³-hybridized carbons (Fsp3) is 0.650. The summed E-state index contributed by atoms with van der Waals surface area (Å²) >= 11 is 0. The molecule has 0 bridgehead atoms. The fourth-order valence-corrected chi connectivity index (χ4v) is 4.25. The number of ether oxygens (including phenoxy) is 2. The molecule has 2 unspecified atom stereocenters. The predicted molar refractivity (Wildman–Crippen MR) is 107 cm³/mol. The summed E-state index contributed by atoms with van der Waals surface area (Å²) in [5.41, 5.74) is 1.58. The number of hydrogen-bond donors (Lipinski definition) is 2. The normalized spacial score (nSPS) is 21.0. The van der Waals surface area contributed by atoms with Crippen LogP contribution >= 0.6 is 12.4 Å². The van der Waals surface area contributed by atoms with E-state index in [4.69, 9.17) is 9.47 Å². The number of piperidine rings is 1. The zero-order valence-corrected chi connectivity index (χ0v) is 17.2. The zero-order valence-electron chi connectivity index (χ0n) is 16.4. The molecule has 2 N–H and O–H groups in total. The molecule has 0 radical (unpaired) electrons. The highest BCUT2D eigenvalue weighted by Gasteiger charge is 2.33. The smallest absolute Gasteiger partial charge is 0.223 e. The Hall–Kier alpha value is -1.50. The van der Waals surface area contributed by atoms with Gasteiger partial charge in [-0.25, -0.2) is 0 Å². The van der Waals surface area contributed by atoms with Gasteiger partial charge >= 0.3 is 0 Å². The third kappa shape index (κ3) is 4.68. The van der Waals surface area contributed by atoms with E-state index in [-0.39, 0.29) is 18.3 Å². The van der Waals surface area contributed by atoms with Crippen LogP contribution in [0.3, 0.4) is 0 Å². The van der Waals surface area contributed by atoms with Crippen LogP contribution in [0.2, 0.25) is 0 Å². The second kappa shape index (κ2) is 9.62. The number of carbonyl (C=O) groups excluding carboxylic acids is 1. The molecule has 0 aliphatic carbocycles. The minimum absolute atomic E-state index is 0. The lowest BCUT2D eigenvalue weighted by atomic mass is 9.83. The maximum atomic E-state index is 12.9. The number of amides is 1. The first-order chi connectivity index (χ1) is 12.5. The number of aliphatic hydroxyl groups excluding tert-OH is 1. The third-order valence-electron chi connectivity index (χ3n) is 5.83. The molecule has 1 amide bonds. The van der Waals surface area contributed by atoms with Crippen molar-refractivity contribution < 1.29 is 19.4 Å². The van der Waals surface area contributed by atoms with Gasteiger partial charge in [0.25, 0.3) is 0 Å². The molecule has 2 atom stereocenters. The molecule has 27 heavy (non-hydrogen) atoms. The quantitative estimate of drug-likeness (QED) is 0.797. The molecule has 0 aromatic heterocycles. The maximum absolute atomic E-state index is 12.9. The van der Waals surface area contributed by atoms with Gasteiger partial charge in [0.15, 0.2) is 0 Å². The Morgan fingerprint density at radius 1 is 1.26 bits per heavy atom. The van der Waals surface area contributed by atoms with E-state index in [0.29, 0.717) is 42.8 Å². The minimum Gasteiger partial charge on any atom is -0.496 e. The first-order valence-electron chi connectivity index (χ1n) is 9.45. The van der Waals surface area contributed by atoms with E-state index in [2.05, 4.69) is 12.2 Å². The highest BCUT2D eigenvalue weighted by Crippen LogP contribution is 2.39. The maximum Gasteiger partial charge on any atom is 0.223 e. The summed E-state index contributed by atoms with van der Waals surface area (Å²) in [5.74, 6) is 2.38. The number of nitrogens with one attached hydrogen (secondary N) is 1. The summed E-state index contributed by atoms with van der Waals surface area (Å²) < 4.78 is 10.9. The molecule has 0 spiro atoms. The van der Waals surface area contributed by atoms with Gasteiger partial charge in [0.05, 0.1) is 20.8 Å². The van der Waals surface area contributed by atoms with E-state index in [9.17, 15) is 9.90 Å². The Morgan fingerprint density at radius 3 is 2.52 bits per heavy atom. The van der Waals surface area contributed by atoms with Gasteiger partial charge in [0.1, 0.15) is 17.6 Å². The van der Waals surface area contributed by atoms with Gasteiger partial charge in [-0.1, -0.05) is 6.92 Å². The second-order valence-corrected chi connectivity index (χ2v) is 7.42. The Labute approximate surface area is 167 Å². The monoisotopic (exact) mass is 398 g/mol. The Bertz CT molecular complexity index is 649. The number of halogens is 1. The van der Waals surface area contributed by atoms with Gasteiger partial charge in [-0.3, -0.25) is 4.79 Å². The van der Waals surface area contributed by atoms with Crippen molar-refractivity contribution in [2.75, 3.05) is 33.9 Å². The van der Waals surface area contributed by atoms with E-state index in [1.165, 1.54) is 0 Å². The molecular formula is C20H31ClN2O4. The van der Waals surface area contributed by atoms with Gasteiger partial charge < -0.3 is 24.8 Å². The van der Waals surface area contributed by atoms with Crippen LogP contribution in [0.4, 0.5) is 0 Å². The molecule has 2 aliphatic rings. The largest absolute Gasteiger partial charge is 0.496 e. The summed E-state index contributed by atoms with van der Waals surface area (Å²) in [7, 11) is 3.20. The number of aliphatic hydroxyl groups is 1. The molecule has 6 nitrogen and oxygen atoms in total. The lowest BCUT2D eigenvalue weighted by Crippen LogP contribution is -2.40. The minimum atomic E-state index is -0.762. The van der Waals surface area contributed by atoms with Crippen LogP contribution in [0.1, 0.15) is 43.4 Å². The summed E-state index contributed by atoms with van der Waals surface area (Å²) in [6.07, 6.45) is 2.02. The molecule has 1 saturated heterocycles. The summed E-state index contributed by atoms with van der Waals surface area (Å²) in [6.45, 7) is 5.00.